The summed E-state index contributed by atoms with van der Waals surface area (Å²) in [5.74, 6) is 0.598. The van der Waals surface area contributed by atoms with Crippen LogP contribution in [0.5, 0.6) is 0 Å². The van der Waals surface area contributed by atoms with Gasteiger partial charge in [0.05, 0.1) is 0 Å². The van der Waals surface area contributed by atoms with E-state index in [2.05, 4.69) is 36.4 Å². The Morgan fingerprint density at radius 3 is 2.88 bits per heavy atom. The zero-order chi connectivity index (χ0) is 12.4. The van der Waals surface area contributed by atoms with E-state index in [1.54, 1.807) is 6.92 Å². The summed E-state index contributed by atoms with van der Waals surface area (Å²) < 4.78 is 0. The fourth-order valence-electron chi connectivity index (χ4n) is 2.60. The van der Waals surface area contributed by atoms with Crippen molar-refractivity contribution >= 4 is 11.6 Å². The van der Waals surface area contributed by atoms with Gasteiger partial charge in [-0.25, -0.2) is 0 Å². The van der Waals surface area contributed by atoms with Crippen LogP contribution in [0.1, 0.15) is 30.4 Å². The Morgan fingerprint density at radius 1 is 1.47 bits per heavy atom. The Balaban J connectivity index is 2.21. The summed E-state index contributed by atoms with van der Waals surface area (Å²) in [6.45, 7) is 2.63. The zero-order valence-corrected chi connectivity index (χ0v) is 10.8. The number of hydrogen-bond donors (Lipinski definition) is 1. The van der Waals surface area contributed by atoms with Crippen LogP contribution in [0.15, 0.2) is 18.2 Å². The summed E-state index contributed by atoms with van der Waals surface area (Å²) in [5.41, 5.74) is 3.76. The SMILES string of the molecule is CC(=O)Nc1ccc2c(c1)C(CN(C)C)CC2. The molecule has 3 nitrogen and oxygen atoms in total. The minimum atomic E-state index is -0.00731. The molecular weight excluding hydrogens is 212 g/mol. The lowest BCUT2D eigenvalue weighted by Crippen LogP contribution is -2.19. The Hall–Kier alpha value is -1.35. The van der Waals surface area contributed by atoms with Gasteiger partial charge in [0.1, 0.15) is 0 Å². The number of hydrogen-bond acceptors (Lipinski definition) is 2. The van der Waals surface area contributed by atoms with Crippen molar-refractivity contribution in [3.05, 3.63) is 29.3 Å². The maximum absolute atomic E-state index is 11.1. The molecule has 17 heavy (non-hydrogen) atoms. The van der Waals surface area contributed by atoms with Crippen molar-refractivity contribution < 1.29 is 4.79 Å². The van der Waals surface area contributed by atoms with Crippen molar-refractivity contribution in [2.75, 3.05) is 26.0 Å². The van der Waals surface area contributed by atoms with Crippen LogP contribution in [0.3, 0.4) is 0 Å². The van der Waals surface area contributed by atoms with Crippen LogP contribution in [0, 0.1) is 0 Å². The fraction of sp³-hybridized carbons (Fsp3) is 0.500. The number of amides is 1. The van der Waals surface area contributed by atoms with Gasteiger partial charge in [0, 0.05) is 19.2 Å². The highest BCUT2D eigenvalue weighted by Crippen LogP contribution is 2.35. The van der Waals surface area contributed by atoms with Crippen molar-refractivity contribution in [3.63, 3.8) is 0 Å². The predicted octanol–water partition coefficient (Wildman–Crippen LogP) is 2.24. The van der Waals surface area contributed by atoms with E-state index < -0.39 is 0 Å². The number of nitrogens with zero attached hydrogens (tertiary/aromatic N) is 1. The largest absolute Gasteiger partial charge is 0.326 e. The average molecular weight is 232 g/mol. The third-order valence-electron chi connectivity index (χ3n) is 3.25. The van der Waals surface area contributed by atoms with Gasteiger partial charge in [-0.1, -0.05) is 6.07 Å². The quantitative estimate of drug-likeness (QED) is 0.866. The molecule has 0 saturated carbocycles. The molecule has 0 heterocycles. The van der Waals surface area contributed by atoms with Crippen LogP contribution < -0.4 is 5.32 Å². The van der Waals surface area contributed by atoms with Crippen molar-refractivity contribution in [1.82, 2.24) is 4.90 Å². The lowest BCUT2D eigenvalue weighted by molar-refractivity contribution is -0.114. The van der Waals surface area contributed by atoms with Crippen LogP contribution in [0.2, 0.25) is 0 Å². The number of carbonyl (C=O) groups excluding carboxylic acids is 1. The summed E-state index contributed by atoms with van der Waals surface area (Å²) in [7, 11) is 4.21. The number of carbonyl (C=O) groups is 1. The molecule has 1 atom stereocenters. The fourth-order valence-corrected chi connectivity index (χ4v) is 2.60. The molecule has 0 radical (unpaired) electrons. The van der Waals surface area contributed by atoms with Gasteiger partial charge in [-0.15, -0.1) is 0 Å². The second kappa shape index (κ2) is 4.88. The molecule has 0 fully saturated rings. The highest BCUT2D eigenvalue weighted by Gasteiger charge is 2.23. The molecule has 0 aliphatic heterocycles. The maximum Gasteiger partial charge on any atom is 0.221 e. The van der Waals surface area contributed by atoms with Crippen LogP contribution in [-0.2, 0) is 11.2 Å². The van der Waals surface area contributed by atoms with Gasteiger partial charge in [0.15, 0.2) is 0 Å². The Labute approximate surface area is 103 Å². The highest BCUT2D eigenvalue weighted by atomic mass is 16.1. The van der Waals surface area contributed by atoms with E-state index in [1.807, 2.05) is 6.07 Å². The molecule has 1 aromatic carbocycles. The second-order valence-electron chi connectivity index (χ2n) is 5.09. The lowest BCUT2D eigenvalue weighted by atomic mass is 10.0. The van der Waals surface area contributed by atoms with Crippen molar-refractivity contribution in [2.45, 2.75) is 25.7 Å². The first-order chi connectivity index (χ1) is 8.06. The van der Waals surface area contributed by atoms with Crippen LogP contribution in [-0.4, -0.2) is 31.4 Å². The highest BCUT2D eigenvalue weighted by molar-refractivity contribution is 5.88. The van der Waals surface area contributed by atoms with Gasteiger partial charge >= 0.3 is 0 Å². The maximum atomic E-state index is 11.1. The number of rotatable bonds is 3. The van der Waals surface area contributed by atoms with Crippen LogP contribution in [0.25, 0.3) is 0 Å². The molecule has 1 aliphatic carbocycles. The Bertz CT molecular complexity index is 426. The molecule has 1 aliphatic rings. The van der Waals surface area contributed by atoms with Gasteiger partial charge < -0.3 is 10.2 Å². The number of fused-ring (bicyclic) bond motifs is 1. The van der Waals surface area contributed by atoms with Gasteiger partial charge in [0.2, 0.25) is 5.91 Å². The standard InChI is InChI=1S/C14H20N2O/c1-10(17)15-13-7-6-11-4-5-12(9-16(2)3)14(11)8-13/h6-8,12H,4-5,9H2,1-3H3,(H,15,17). The van der Waals surface area contributed by atoms with E-state index in [-0.39, 0.29) is 5.91 Å². The Kier molecular flexibility index (Phi) is 3.48. The third-order valence-corrected chi connectivity index (χ3v) is 3.25. The first-order valence-corrected chi connectivity index (χ1v) is 6.11. The molecule has 0 spiro atoms. The molecule has 1 N–H and O–H groups in total. The molecule has 0 bridgehead atoms. The summed E-state index contributed by atoms with van der Waals surface area (Å²) in [6.07, 6.45) is 2.38. The molecule has 0 aromatic heterocycles. The summed E-state index contributed by atoms with van der Waals surface area (Å²) in [4.78, 5) is 13.3. The van der Waals surface area contributed by atoms with Gasteiger partial charge in [-0.2, -0.15) is 0 Å². The monoisotopic (exact) mass is 232 g/mol. The van der Waals surface area contributed by atoms with Gasteiger partial charge in [-0.05, 0) is 56.1 Å². The topological polar surface area (TPSA) is 32.3 Å². The molecular formula is C14H20N2O. The summed E-state index contributed by atoms with van der Waals surface area (Å²) in [6, 6.07) is 6.28. The first-order valence-electron chi connectivity index (χ1n) is 6.11. The van der Waals surface area contributed by atoms with E-state index in [9.17, 15) is 4.79 Å². The van der Waals surface area contributed by atoms with Gasteiger partial charge in [-0.3, -0.25) is 4.79 Å². The molecule has 3 heteroatoms. The summed E-state index contributed by atoms with van der Waals surface area (Å²) >= 11 is 0. The van der Waals surface area contributed by atoms with E-state index in [4.69, 9.17) is 0 Å². The van der Waals surface area contributed by atoms with Crippen molar-refractivity contribution in [3.8, 4) is 0 Å². The van der Waals surface area contributed by atoms with Crippen LogP contribution in [0.4, 0.5) is 5.69 Å². The number of benzene rings is 1. The molecule has 92 valence electrons. The smallest absolute Gasteiger partial charge is 0.221 e. The third kappa shape index (κ3) is 2.86. The average Bonchev–Trinajstić information content (AvgIpc) is 2.59. The molecule has 2 rings (SSSR count). The minimum Gasteiger partial charge on any atom is -0.326 e. The van der Waals surface area contributed by atoms with Crippen LogP contribution >= 0.6 is 0 Å². The molecule has 1 unspecified atom stereocenters. The molecule has 0 saturated heterocycles. The number of anilines is 1. The second-order valence-corrected chi connectivity index (χ2v) is 5.09. The minimum absolute atomic E-state index is 0.00731. The van der Waals surface area contributed by atoms with Crippen molar-refractivity contribution in [1.29, 1.82) is 0 Å². The number of nitrogens with one attached hydrogen (secondary N) is 1. The molecule has 1 aromatic rings. The molecule has 1 amide bonds. The lowest BCUT2D eigenvalue weighted by Gasteiger charge is -2.17. The summed E-state index contributed by atoms with van der Waals surface area (Å²) in [5, 5.41) is 2.86. The number of likely N-dealkylation sites (N-methyl/N-ethyl adjacent to an activating group) is 1. The van der Waals surface area contributed by atoms with Crippen molar-refractivity contribution in [2.24, 2.45) is 0 Å². The van der Waals surface area contributed by atoms with E-state index in [1.165, 1.54) is 17.5 Å². The van der Waals surface area contributed by atoms with E-state index in [0.29, 0.717) is 5.92 Å². The Morgan fingerprint density at radius 2 is 2.24 bits per heavy atom. The predicted molar refractivity (Wildman–Crippen MR) is 70.4 cm³/mol. The first kappa shape index (κ1) is 12.1. The normalized spacial score (nSPS) is 18.2. The van der Waals surface area contributed by atoms with E-state index >= 15 is 0 Å². The van der Waals surface area contributed by atoms with Gasteiger partial charge in [0.25, 0.3) is 0 Å². The zero-order valence-electron chi connectivity index (χ0n) is 10.8. The van der Waals surface area contributed by atoms with E-state index in [0.717, 1.165) is 18.7 Å². The number of aryl methyl sites for hydroxylation is 1.